The van der Waals surface area contributed by atoms with Crippen LogP contribution < -0.4 is 26.4 Å². The first kappa shape index (κ1) is 35.2. The Bertz CT molecular complexity index is 1880. The number of rotatable bonds is 12. The van der Waals surface area contributed by atoms with Gasteiger partial charge in [0.15, 0.2) is 5.78 Å². The van der Waals surface area contributed by atoms with Crippen molar-refractivity contribution in [2.24, 2.45) is 5.92 Å². The Morgan fingerprint density at radius 1 is 0.878 bits per heavy atom. The molecule has 0 radical (unpaired) electrons. The number of carbonyl (C=O) groups is 3. The summed E-state index contributed by atoms with van der Waals surface area (Å²) < 4.78 is 20.8. The molecule has 2 amide bonds. The summed E-state index contributed by atoms with van der Waals surface area (Å²) in [5, 5.41) is 8.54. The van der Waals surface area contributed by atoms with Gasteiger partial charge in [-0.25, -0.2) is 4.39 Å². The molecule has 3 aromatic carbocycles. The average molecular weight is 668 g/mol. The van der Waals surface area contributed by atoms with Crippen LogP contribution in [0.2, 0.25) is 0 Å². The van der Waals surface area contributed by atoms with Gasteiger partial charge in [0.2, 0.25) is 5.91 Å². The lowest BCUT2D eigenvalue weighted by atomic mass is 9.99. The van der Waals surface area contributed by atoms with Gasteiger partial charge in [0.05, 0.1) is 31.5 Å². The van der Waals surface area contributed by atoms with E-state index in [1.54, 1.807) is 56.4 Å². The number of halogens is 1. The van der Waals surface area contributed by atoms with Crippen molar-refractivity contribution in [2.45, 2.75) is 33.4 Å². The van der Waals surface area contributed by atoms with E-state index in [1.165, 1.54) is 28.8 Å². The Kier molecular flexibility index (Phi) is 11.4. The number of pyridine rings is 1. The number of likely N-dealkylation sites (N-methyl/N-ethyl adjacent to an activating group) is 1. The summed E-state index contributed by atoms with van der Waals surface area (Å²) in [6.45, 7) is 8.59. The molecule has 1 aliphatic rings. The summed E-state index contributed by atoms with van der Waals surface area (Å²) >= 11 is 0. The Morgan fingerprint density at radius 2 is 1.61 bits per heavy atom. The van der Waals surface area contributed by atoms with Crippen molar-refractivity contribution in [1.82, 2.24) is 15.2 Å². The molecule has 256 valence electrons. The number of nitrogens with zero attached hydrogens (tertiary/aromatic N) is 2. The second kappa shape index (κ2) is 15.8. The highest BCUT2D eigenvalue weighted by Gasteiger charge is 2.20. The van der Waals surface area contributed by atoms with E-state index >= 15 is 0 Å². The number of anilines is 2. The molecule has 1 fully saturated rings. The first-order valence-electron chi connectivity index (χ1n) is 16.4. The fraction of sp³-hybridized carbons (Fsp3) is 0.316. The number of benzene rings is 3. The molecule has 0 spiro atoms. The number of hydrogen-bond acceptors (Lipinski definition) is 7. The Morgan fingerprint density at radius 3 is 2.31 bits per heavy atom. The van der Waals surface area contributed by atoms with Crippen molar-refractivity contribution in [3.8, 4) is 11.3 Å². The van der Waals surface area contributed by atoms with E-state index in [2.05, 4.69) is 20.9 Å². The predicted octanol–water partition coefficient (Wildman–Crippen LogP) is 4.70. The smallest absolute Gasteiger partial charge is 0.275 e. The predicted molar refractivity (Wildman–Crippen MR) is 189 cm³/mol. The molecule has 0 aliphatic carbocycles. The largest absolute Gasteiger partial charge is 0.378 e. The SMILES string of the molecule is CN[C@H](C)C(=O)Nc1ccc(-c2cccc(C(=O)NCC(C)C)c2)n(Cc2cc(C(=O)c3ccc(F)cc3)cc(N3CCOCC3)c2)c1=O. The molecule has 1 atom stereocenters. The lowest BCUT2D eigenvalue weighted by molar-refractivity contribution is -0.117. The molecule has 3 N–H and O–H groups in total. The van der Waals surface area contributed by atoms with E-state index in [1.807, 2.05) is 26.0 Å². The van der Waals surface area contributed by atoms with Gasteiger partial charge in [-0.1, -0.05) is 26.0 Å². The zero-order chi connectivity index (χ0) is 35.1. The number of aromatic nitrogens is 1. The van der Waals surface area contributed by atoms with Crippen LogP contribution in [0, 0.1) is 11.7 Å². The maximum Gasteiger partial charge on any atom is 0.275 e. The number of ketones is 1. The van der Waals surface area contributed by atoms with Gasteiger partial charge in [-0.3, -0.25) is 19.2 Å². The summed E-state index contributed by atoms with van der Waals surface area (Å²) in [5.41, 5.74) is 3.40. The Balaban J connectivity index is 1.61. The molecule has 0 bridgehead atoms. The first-order chi connectivity index (χ1) is 23.5. The zero-order valence-corrected chi connectivity index (χ0v) is 28.2. The average Bonchev–Trinajstić information content (AvgIpc) is 3.12. The summed E-state index contributed by atoms with van der Waals surface area (Å²) in [6.07, 6.45) is 0. The van der Waals surface area contributed by atoms with Crippen molar-refractivity contribution in [1.29, 1.82) is 0 Å². The molecule has 1 aliphatic heterocycles. The third kappa shape index (κ3) is 8.67. The minimum Gasteiger partial charge on any atom is -0.378 e. The van der Waals surface area contributed by atoms with Crippen LogP contribution in [0.15, 0.2) is 83.7 Å². The van der Waals surface area contributed by atoms with Crippen LogP contribution in [0.1, 0.15) is 52.6 Å². The topological polar surface area (TPSA) is 122 Å². The van der Waals surface area contributed by atoms with Crippen LogP contribution in [0.3, 0.4) is 0 Å². The summed E-state index contributed by atoms with van der Waals surface area (Å²) in [4.78, 5) is 55.8. The molecular formula is C38H42FN5O5. The standard InChI is InChI=1S/C38H42FN5O5/c1-24(2)22-41-37(47)29-7-5-6-28(20-29)34-13-12-33(42-36(46)25(3)40-4)38(48)44(34)23-26-18-30(35(45)27-8-10-31(39)11-9-27)21-32(19-26)43-14-16-49-17-15-43/h5-13,18-21,24-25,40H,14-17,22-23H2,1-4H3,(H,41,47)(H,42,46)/t25-/m1/s1. The molecule has 11 heteroatoms. The van der Waals surface area contributed by atoms with E-state index < -0.39 is 17.4 Å². The summed E-state index contributed by atoms with van der Waals surface area (Å²) in [6, 6.07) is 20.7. The van der Waals surface area contributed by atoms with E-state index in [0.29, 0.717) is 66.4 Å². The molecule has 1 aromatic heterocycles. The molecule has 2 heterocycles. The molecule has 0 saturated carbocycles. The van der Waals surface area contributed by atoms with Gasteiger partial charge in [-0.05, 0) is 97.7 Å². The second-order valence-corrected chi connectivity index (χ2v) is 12.5. The van der Waals surface area contributed by atoms with Gasteiger partial charge in [0, 0.05) is 42.0 Å². The van der Waals surface area contributed by atoms with Crippen LogP contribution in [-0.4, -0.2) is 68.1 Å². The van der Waals surface area contributed by atoms with E-state index in [-0.39, 0.29) is 35.7 Å². The molecule has 4 aromatic rings. The Hall–Kier alpha value is -5.13. The summed E-state index contributed by atoms with van der Waals surface area (Å²) in [5.74, 6) is -1.05. The van der Waals surface area contributed by atoms with Crippen LogP contribution in [0.25, 0.3) is 11.3 Å². The van der Waals surface area contributed by atoms with Gasteiger partial charge in [0.25, 0.3) is 11.5 Å². The van der Waals surface area contributed by atoms with E-state index in [0.717, 1.165) is 5.69 Å². The van der Waals surface area contributed by atoms with E-state index in [9.17, 15) is 23.6 Å². The van der Waals surface area contributed by atoms with Crippen LogP contribution in [0.5, 0.6) is 0 Å². The first-order valence-corrected chi connectivity index (χ1v) is 16.4. The normalized spacial score (nSPS) is 13.6. The highest BCUT2D eigenvalue weighted by atomic mass is 19.1. The molecule has 49 heavy (non-hydrogen) atoms. The lowest BCUT2D eigenvalue weighted by Crippen LogP contribution is -2.37. The van der Waals surface area contributed by atoms with E-state index in [4.69, 9.17) is 4.74 Å². The number of hydrogen-bond donors (Lipinski definition) is 3. The maximum absolute atomic E-state index is 14.2. The van der Waals surface area contributed by atoms with Gasteiger partial charge < -0.3 is 30.2 Å². The van der Waals surface area contributed by atoms with Crippen molar-refractivity contribution in [2.75, 3.05) is 50.1 Å². The maximum atomic E-state index is 14.2. The lowest BCUT2D eigenvalue weighted by Gasteiger charge is -2.29. The minimum atomic E-state index is -0.543. The number of morpholine rings is 1. The quantitative estimate of drug-likeness (QED) is 0.187. The van der Waals surface area contributed by atoms with Crippen molar-refractivity contribution >= 4 is 29.0 Å². The molecule has 0 unspecified atom stereocenters. The number of nitrogens with one attached hydrogen (secondary N) is 3. The highest BCUT2D eigenvalue weighted by Crippen LogP contribution is 2.26. The fourth-order valence-corrected chi connectivity index (χ4v) is 5.52. The van der Waals surface area contributed by atoms with Gasteiger partial charge >= 0.3 is 0 Å². The van der Waals surface area contributed by atoms with Gasteiger partial charge in [0.1, 0.15) is 11.5 Å². The van der Waals surface area contributed by atoms with Crippen molar-refractivity contribution in [3.63, 3.8) is 0 Å². The molecule has 1 saturated heterocycles. The van der Waals surface area contributed by atoms with Crippen molar-refractivity contribution in [3.05, 3.63) is 117 Å². The Labute approximate surface area is 285 Å². The minimum absolute atomic E-state index is 0.0467. The molecular weight excluding hydrogens is 625 g/mol. The fourth-order valence-electron chi connectivity index (χ4n) is 5.52. The zero-order valence-electron chi connectivity index (χ0n) is 28.2. The number of carbonyl (C=O) groups excluding carboxylic acids is 3. The van der Waals surface area contributed by atoms with Gasteiger partial charge in [-0.2, -0.15) is 0 Å². The third-order valence-electron chi connectivity index (χ3n) is 8.41. The van der Waals surface area contributed by atoms with Crippen molar-refractivity contribution < 1.29 is 23.5 Å². The second-order valence-electron chi connectivity index (χ2n) is 12.5. The van der Waals surface area contributed by atoms with Crippen LogP contribution >= 0.6 is 0 Å². The molecule has 10 nitrogen and oxygen atoms in total. The summed E-state index contributed by atoms with van der Waals surface area (Å²) in [7, 11) is 1.65. The van der Waals surface area contributed by atoms with Crippen LogP contribution in [0.4, 0.5) is 15.8 Å². The molecule has 5 rings (SSSR count). The van der Waals surface area contributed by atoms with Gasteiger partial charge in [-0.15, -0.1) is 0 Å². The third-order valence-corrected chi connectivity index (χ3v) is 8.41. The number of ether oxygens (including phenoxy) is 1. The highest BCUT2D eigenvalue weighted by molar-refractivity contribution is 6.09. The monoisotopic (exact) mass is 667 g/mol. The van der Waals surface area contributed by atoms with Crippen LogP contribution in [-0.2, 0) is 16.1 Å². The number of amides is 2.